The number of anilines is 3. The summed E-state index contributed by atoms with van der Waals surface area (Å²) in [6, 6.07) is 5.90. The molecule has 0 atom stereocenters. The average molecular weight is 371 g/mol. The molecule has 0 saturated carbocycles. The molecule has 0 bridgehead atoms. The molecule has 1 fully saturated rings. The van der Waals surface area contributed by atoms with Crippen molar-refractivity contribution >= 4 is 28.9 Å². The lowest BCUT2D eigenvalue weighted by Gasteiger charge is -2.28. The zero-order valence-electron chi connectivity index (χ0n) is 14.4. The van der Waals surface area contributed by atoms with E-state index >= 15 is 0 Å². The molecule has 8 heteroatoms. The fourth-order valence-corrected chi connectivity index (χ4v) is 3.10. The average Bonchev–Trinajstić information content (AvgIpc) is 3.11. The van der Waals surface area contributed by atoms with E-state index in [-0.39, 0.29) is 0 Å². The first-order valence-corrected chi connectivity index (χ1v) is 8.77. The number of morpholine rings is 1. The molecule has 3 aromatic heterocycles. The van der Waals surface area contributed by atoms with Crippen molar-refractivity contribution < 1.29 is 4.74 Å². The molecule has 7 nitrogen and oxygen atoms in total. The minimum atomic E-state index is 0.583. The highest BCUT2D eigenvalue weighted by molar-refractivity contribution is 6.33. The van der Waals surface area contributed by atoms with Crippen LogP contribution in [0.2, 0.25) is 5.02 Å². The molecule has 0 aromatic carbocycles. The van der Waals surface area contributed by atoms with E-state index in [1.165, 1.54) is 0 Å². The maximum atomic E-state index is 6.29. The second kappa shape index (κ2) is 7.31. The van der Waals surface area contributed by atoms with Crippen molar-refractivity contribution in [1.29, 1.82) is 0 Å². The highest BCUT2D eigenvalue weighted by Crippen LogP contribution is 2.29. The molecular formula is C18H19ClN6O. The van der Waals surface area contributed by atoms with Crippen molar-refractivity contribution in [3.8, 4) is 11.1 Å². The molecule has 26 heavy (non-hydrogen) atoms. The molecule has 0 aliphatic carbocycles. The summed E-state index contributed by atoms with van der Waals surface area (Å²) in [6.45, 7) is 3.29. The Morgan fingerprint density at radius 3 is 2.58 bits per heavy atom. The molecule has 0 radical (unpaired) electrons. The molecule has 3 aromatic rings. The zero-order chi connectivity index (χ0) is 17.9. The minimum absolute atomic E-state index is 0.583. The Kier molecular flexibility index (Phi) is 4.73. The fourth-order valence-electron chi connectivity index (χ4n) is 2.89. The van der Waals surface area contributed by atoms with Crippen molar-refractivity contribution in [2.45, 2.75) is 0 Å². The number of nitrogens with one attached hydrogen (secondary N) is 1. The Morgan fingerprint density at radius 2 is 1.88 bits per heavy atom. The topological polar surface area (TPSA) is 68.1 Å². The van der Waals surface area contributed by atoms with E-state index in [0.717, 1.165) is 48.9 Å². The van der Waals surface area contributed by atoms with Crippen LogP contribution in [0.1, 0.15) is 0 Å². The molecule has 1 N–H and O–H groups in total. The third-order valence-corrected chi connectivity index (χ3v) is 4.55. The lowest BCUT2D eigenvalue weighted by molar-refractivity contribution is 0.122. The van der Waals surface area contributed by atoms with E-state index in [9.17, 15) is 0 Å². The van der Waals surface area contributed by atoms with Gasteiger partial charge in [0.25, 0.3) is 0 Å². The van der Waals surface area contributed by atoms with Crippen LogP contribution in [0.5, 0.6) is 0 Å². The first-order chi connectivity index (χ1) is 12.7. The van der Waals surface area contributed by atoms with E-state index in [1.807, 2.05) is 31.6 Å². The monoisotopic (exact) mass is 370 g/mol. The van der Waals surface area contributed by atoms with Crippen LogP contribution in [0.25, 0.3) is 11.1 Å². The third-order valence-electron chi connectivity index (χ3n) is 4.25. The number of nitrogens with zero attached hydrogens (tertiary/aromatic N) is 5. The highest BCUT2D eigenvalue weighted by atomic mass is 35.5. The number of aromatic nitrogens is 4. The standard InChI is InChI=1S/C18H19ClN6O/c1-24-12-13(9-22-24)15-8-18(21-11-16(15)19)23-17-3-2-14(10-20-17)25-4-6-26-7-5-25/h2-3,8-12H,4-7H2,1H3,(H,20,21,23). The third kappa shape index (κ3) is 3.63. The van der Waals surface area contributed by atoms with Crippen LogP contribution in [0, 0.1) is 0 Å². The predicted molar refractivity (Wildman–Crippen MR) is 102 cm³/mol. The molecular weight excluding hydrogens is 352 g/mol. The summed E-state index contributed by atoms with van der Waals surface area (Å²) >= 11 is 6.29. The number of ether oxygens (including phenoxy) is 1. The Bertz CT molecular complexity index is 889. The van der Waals surface area contributed by atoms with Crippen LogP contribution in [-0.4, -0.2) is 46.1 Å². The Labute approximate surface area is 156 Å². The molecule has 0 spiro atoms. The smallest absolute Gasteiger partial charge is 0.132 e. The Hall–Kier alpha value is -2.64. The van der Waals surface area contributed by atoms with Gasteiger partial charge in [-0.05, 0) is 18.2 Å². The van der Waals surface area contributed by atoms with Gasteiger partial charge in [-0.15, -0.1) is 0 Å². The van der Waals surface area contributed by atoms with Gasteiger partial charge in [-0.2, -0.15) is 5.10 Å². The number of rotatable bonds is 4. The van der Waals surface area contributed by atoms with Crippen molar-refractivity contribution in [2.75, 3.05) is 36.5 Å². The van der Waals surface area contributed by atoms with Gasteiger partial charge in [0.05, 0.1) is 36.3 Å². The van der Waals surface area contributed by atoms with Gasteiger partial charge in [0, 0.05) is 43.7 Å². The molecule has 0 unspecified atom stereocenters. The molecule has 1 saturated heterocycles. The van der Waals surface area contributed by atoms with Gasteiger partial charge in [0.1, 0.15) is 11.6 Å². The summed E-state index contributed by atoms with van der Waals surface area (Å²) in [5, 5.41) is 8.00. The van der Waals surface area contributed by atoms with Crippen LogP contribution >= 0.6 is 11.6 Å². The van der Waals surface area contributed by atoms with E-state index in [0.29, 0.717) is 10.8 Å². The van der Waals surface area contributed by atoms with Crippen LogP contribution in [-0.2, 0) is 11.8 Å². The second-order valence-electron chi connectivity index (χ2n) is 6.08. The number of hydrogen-bond acceptors (Lipinski definition) is 6. The van der Waals surface area contributed by atoms with Crippen molar-refractivity contribution in [3.63, 3.8) is 0 Å². The second-order valence-corrected chi connectivity index (χ2v) is 6.49. The molecule has 1 aliphatic rings. The number of aryl methyl sites for hydroxylation is 1. The van der Waals surface area contributed by atoms with E-state index in [1.54, 1.807) is 17.1 Å². The fraction of sp³-hybridized carbons (Fsp3) is 0.278. The first kappa shape index (κ1) is 16.8. The summed E-state index contributed by atoms with van der Waals surface area (Å²) in [4.78, 5) is 11.1. The summed E-state index contributed by atoms with van der Waals surface area (Å²) < 4.78 is 7.12. The van der Waals surface area contributed by atoms with Crippen molar-refractivity contribution in [2.24, 2.45) is 7.05 Å². The highest BCUT2D eigenvalue weighted by Gasteiger charge is 2.12. The van der Waals surface area contributed by atoms with Crippen LogP contribution in [0.15, 0.2) is 43.0 Å². The Balaban J connectivity index is 1.52. The number of hydrogen-bond donors (Lipinski definition) is 1. The maximum Gasteiger partial charge on any atom is 0.132 e. The summed E-state index contributed by atoms with van der Waals surface area (Å²) in [7, 11) is 1.87. The normalized spacial score (nSPS) is 14.5. The summed E-state index contributed by atoms with van der Waals surface area (Å²) in [6.07, 6.45) is 7.20. The van der Waals surface area contributed by atoms with Gasteiger partial charge in [0.2, 0.25) is 0 Å². The summed E-state index contributed by atoms with van der Waals surface area (Å²) in [5.74, 6) is 1.41. The quantitative estimate of drug-likeness (QED) is 0.761. The maximum absolute atomic E-state index is 6.29. The van der Waals surface area contributed by atoms with E-state index < -0.39 is 0 Å². The molecule has 134 valence electrons. The minimum Gasteiger partial charge on any atom is -0.378 e. The molecule has 0 amide bonds. The van der Waals surface area contributed by atoms with E-state index in [4.69, 9.17) is 16.3 Å². The van der Waals surface area contributed by atoms with Crippen LogP contribution in [0.3, 0.4) is 0 Å². The van der Waals surface area contributed by atoms with Crippen LogP contribution < -0.4 is 10.2 Å². The zero-order valence-corrected chi connectivity index (χ0v) is 15.1. The van der Waals surface area contributed by atoms with E-state index in [2.05, 4.69) is 31.3 Å². The Morgan fingerprint density at radius 1 is 1.08 bits per heavy atom. The molecule has 4 rings (SSSR count). The molecule has 4 heterocycles. The van der Waals surface area contributed by atoms with Gasteiger partial charge in [-0.25, -0.2) is 9.97 Å². The van der Waals surface area contributed by atoms with Crippen molar-refractivity contribution in [3.05, 3.63) is 48.0 Å². The lowest BCUT2D eigenvalue weighted by atomic mass is 10.1. The van der Waals surface area contributed by atoms with Crippen LogP contribution in [0.4, 0.5) is 17.3 Å². The van der Waals surface area contributed by atoms with Gasteiger partial charge in [-0.3, -0.25) is 4.68 Å². The number of halogens is 1. The largest absolute Gasteiger partial charge is 0.378 e. The number of pyridine rings is 2. The SMILES string of the molecule is Cn1cc(-c2cc(Nc3ccc(N4CCOCC4)cn3)ncc2Cl)cn1. The van der Waals surface area contributed by atoms with Crippen molar-refractivity contribution in [1.82, 2.24) is 19.7 Å². The van der Waals surface area contributed by atoms with Gasteiger partial charge in [0.15, 0.2) is 0 Å². The predicted octanol–water partition coefficient (Wildman–Crippen LogP) is 3.11. The van der Waals surface area contributed by atoms with Gasteiger partial charge >= 0.3 is 0 Å². The van der Waals surface area contributed by atoms with Gasteiger partial charge < -0.3 is 15.0 Å². The lowest BCUT2D eigenvalue weighted by Crippen LogP contribution is -2.36. The molecule has 1 aliphatic heterocycles. The summed E-state index contributed by atoms with van der Waals surface area (Å²) in [5.41, 5.74) is 2.92. The first-order valence-electron chi connectivity index (χ1n) is 8.39. The van der Waals surface area contributed by atoms with Gasteiger partial charge in [-0.1, -0.05) is 11.6 Å².